The van der Waals surface area contributed by atoms with E-state index < -0.39 is 0 Å². The fourth-order valence-corrected chi connectivity index (χ4v) is 2.31. The van der Waals surface area contributed by atoms with Gasteiger partial charge in [0.25, 0.3) is 0 Å². The molecule has 0 unspecified atom stereocenters. The minimum atomic E-state index is 0.585. The van der Waals surface area contributed by atoms with Gasteiger partial charge in [0, 0.05) is 5.02 Å². The smallest absolute Gasteiger partial charge is 0.137 e. The average Bonchev–Trinajstić information content (AvgIpc) is 2.29. The maximum absolute atomic E-state index is 6.03. The van der Waals surface area contributed by atoms with Crippen LogP contribution in [0.5, 0.6) is 5.75 Å². The second kappa shape index (κ2) is 5.76. The van der Waals surface area contributed by atoms with E-state index in [4.69, 9.17) is 27.9 Å². The first-order chi connectivity index (χ1) is 7.75. The summed E-state index contributed by atoms with van der Waals surface area (Å²) in [5.41, 5.74) is 0. The first-order valence-corrected chi connectivity index (χ1v) is 6.30. The second-order valence-electron chi connectivity index (χ2n) is 4.08. The maximum atomic E-state index is 6.03. The molecule has 0 amide bonds. The minimum Gasteiger partial charge on any atom is -0.492 e. The lowest BCUT2D eigenvalue weighted by atomic mass is 9.99. The van der Waals surface area contributed by atoms with Crippen molar-refractivity contribution < 1.29 is 4.74 Å². The third kappa shape index (κ3) is 3.27. The van der Waals surface area contributed by atoms with Gasteiger partial charge in [0.1, 0.15) is 5.75 Å². The monoisotopic (exact) mass is 259 g/mol. The molecule has 2 rings (SSSR count). The summed E-state index contributed by atoms with van der Waals surface area (Å²) in [5, 5.41) is 4.56. The van der Waals surface area contributed by atoms with Crippen molar-refractivity contribution in [3.8, 4) is 5.75 Å². The molecule has 88 valence electrons. The molecule has 1 heterocycles. The summed E-state index contributed by atoms with van der Waals surface area (Å²) in [5.74, 6) is 1.36. The number of hydrogen-bond acceptors (Lipinski definition) is 2. The Morgan fingerprint density at radius 2 is 2.00 bits per heavy atom. The van der Waals surface area contributed by atoms with Gasteiger partial charge in [0.2, 0.25) is 0 Å². The fourth-order valence-electron chi connectivity index (χ4n) is 1.85. The summed E-state index contributed by atoms with van der Waals surface area (Å²) >= 11 is 11.8. The third-order valence-corrected chi connectivity index (χ3v) is 3.36. The van der Waals surface area contributed by atoms with Crippen molar-refractivity contribution >= 4 is 23.2 Å². The Balaban J connectivity index is 1.88. The fraction of sp³-hybridized carbons (Fsp3) is 0.500. The molecule has 0 spiro atoms. The number of hydrogen-bond donors (Lipinski definition) is 1. The predicted octanol–water partition coefficient (Wildman–Crippen LogP) is 3.37. The van der Waals surface area contributed by atoms with Crippen molar-refractivity contribution in [3.63, 3.8) is 0 Å². The summed E-state index contributed by atoms with van der Waals surface area (Å²) < 4.78 is 5.71. The first-order valence-electron chi connectivity index (χ1n) is 5.54. The largest absolute Gasteiger partial charge is 0.492 e. The molecule has 4 heteroatoms. The van der Waals surface area contributed by atoms with E-state index in [0.29, 0.717) is 16.0 Å². The van der Waals surface area contributed by atoms with Gasteiger partial charge in [-0.1, -0.05) is 23.2 Å². The molecular weight excluding hydrogens is 245 g/mol. The van der Waals surface area contributed by atoms with Crippen LogP contribution in [0.25, 0.3) is 0 Å². The van der Waals surface area contributed by atoms with E-state index in [1.165, 1.54) is 12.8 Å². The van der Waals surface area contributed by atoms with Crippen LogP contribution in [-0.2, 0) is 0 Å². The van der Waals surface area contributed by atoms with Crippen molar-refractivity contribution in [1.29, 1.82) is 0 Å². The number of halogens is 2. The first kappa shape index (κ1) is 12.0. The van der Waals surface area contributed by atoms with Crippen LogP contribution in [0.4, 0.5) is 0 Å². The lowest BCUT2D eigenvalue weighted by Gasteiger charge is -2.22. The molecule has 0 atom stereocenters. The van der Waals surface area contributed by atoms with E-state index >= 15 is 0 Å². The minimum absolute atomic E-state index is 0.585. The zero-order valence-corrected chi connectivity index (χ0v) is 10.5. The SMILES string of the molecule is Clc1ccc(OCC2CCNCC2)c(Cl)c1. The molecule has 16 heavy (non-hydrogen) atoms. The summed E-state index contributed by atoms with van der Waals surface area (Å²) in [6.07, 6.45) is 2.34. The Kier molecular flexibility index (Phi) is 4.33. The molecule has 1 saturated heterocycles. The quantitative estimate of drug-likeness (QED) is 0.899. The van der Waals surface area contributed by atoms with Crippen molar-refractivity contribution in [2.75, 3.05) is 19.7 Å². The maximum Gasteiger partial charge on any atom is 0.137 e. The molecule has 1 fully saturated rings. The van der Waals surface area contributed by atoms with Gasteiger partial charge in [-0.3, -0.25) is 0 Å². The highest BCUT2D eigenvalue weighted by Crippen LogP contribution is 2.28. The van der Waals surface area contributed by atoms with Gasteiger partial charge in [-0.25, -0.2) is 0 Å². The molecule has 0 bridgehead atoms. The Hall–Kier alpha value is -0.440. The number of benzene rings is 1. The van der Waals surface area contributed by atoms with Gasteiger partial charge in [-0.15, -0.1) is 0 Å². The summed E-state index contributed by atoms with van der Waals surface area (Å²) in [7, 11) is 0. The van der Waals surface area contributed by atoms with Gasteiger partial charge < -0.3 is 10.1 Å². The van der Waals surface area contributed by atoms with Crippen molar-refractivity contribution in [2.24, 2.45) is 5.92 Å². The molecule has 1 aromatic rings. The lowest BCUT2D eigenvalue weighted by molar-refractivity contribution is 0.215. The highest BCUT2D eigenvalue weighted by Gasteiger charge is 2.14. The van der Waals surface area contributed by atoms with E-state index in [1.54, 1.807) is 12.1 Å². The Morgan fingerprint density at radius 1 is 1.25 bits per heavy atom. The van der Waals surface area contributed by atoms with Crippen LogP contribution in [-0.4, -0.2) is 19.7 Å². The van der Waals surface area contributed by atoms with E-state index in [9.17, 15) is 0 Å². The van der Waals surface area contributed by atoms with E-state index in [0.717, 1.165) is 25.4 Å². The van der Waals surface area contributed by atoms with Crippen LogP contribution in [0.15, 0.2) is 18.2 Å². The van der Waals surface area contributed by atoms with Crippen LogP contribution in [0.3, 0.4) is 0 Å². The highest BCUT2D eigenvalue weighted by atomic mass is 35.5. The zero-order chi connectivity index (χ0) is 11.4. The molecule has 2 nitrogen and oxygen atoms in total. The summed E-state index contributed by atoms with van der Waals surface area (Å²) in [6.45, 7) is 2.91. The third-order valence-electron chi connectivity index (χ3n) is 2.83. The molecule has 1 aromatic carbocycles. The highest BCUT2D eigenvalue weighted by molar-refractivity contribution is 6.35. The van der Waals surface area contributed by atoms with Gasteiger partial charge in [0.15, 0.2) is 0 Å². The molecule has 1 N–H and O–H groups in total. The molecule has 1 aliphatic heterocycles. The van der Waals surface area contributed by atoms with Crippen LogP contribution in [0.2, 0.25) is 10.0 Å². The zero-order valence-electron chi connectivity index (χ0n) is 9.01. The van der Waals surface area contributed by atoms with Crippen LogP contribution >= 0.6 is 23.2 Å². The summed E-state index contributed by atoms with van der Waals surface area (Å²) in [6, 6.07) is 5.33. The van der Waals surface area contributed by atoms with Crippen molar-refractivity contribution in [2.45, 2.75) is 12.8 Å². The average molecular weight is 260 g/mol. The molecule has 0 radical (unpaired) electrons. The molecule has 0 aliphatic carbocycles. The van der Waals surface area contributed by atoms with E-state index in [2.05, 4.69) is 5.32 Å². The Labute approximate surface area is 106 Å². The Bertz CT molecular complexity index is 351. The number of ether oxygens (including phenoxy) is 1. The van der Waals surface area contributed by atoms with Gasteiger partial charge in [0.05, 0.1) is 11.6 Å². The second-order valence-corrected chi connectivity index (χ2v) is 4.92. The van der Waals surface area contributed by atoms with Crippen LogP contribution < -0.4 is 10.1 Å². The summed E-state index contributed by atoms with van der Waals surface area (Å²) in [4.78, 5) is 0. The van der Waals surface area contributed by atoms with Crippen LogP contribution in [0, 0.1) is 5.92 Å². The number of piperidine rings is 1. The van der Waals surface area contributed by atoms with Gasteiger partial charge >= 0.3 is 0 Å². The standard InChI is InChI=1S/C12H15Cl2NO/c13-10-1-2-12(11(14)7-10)16-8-9-3-5-15-6-4-9/h1-2,7,9,15H,3-6,8H2. The normalized spacial score (nSPS) is 17.4. The van der Waals surface area contributed by atoms with Crippen molar-refractivity contribution in [3.05, 3.63) is 28.2 Å². The number of rotatable bonds is 3. The molecule has 1 aliphatic rings. The van der Waals surface area contributed by atoms with Crippen molar-refractivity contribution in [1.82, 2.24) is 5.32 Å². The van der Waals surface area contributed by atoms with E-state index in [1.807, 2.05) is 6.07 Å². The Morgan fingerprint density at radius 3 is 2.69 bits per heavy atom. The molecule has 0 aromatic heterocycles. The van der Waals surface area contributed by atoms with Gasteiger partial charge in [-0.2, -0.15) is 0 Å². The number of nitrogens with one attached hydrogen (secondary N) is 1. The predicted molar refractivity (Wildman–Crippen MR) is 67.6 cm³/mol. The topological polar surface area (TPSA) is 21.3 Å². The molecular formula is C12H15Cl2NO. The van der Waals surface area contributed by atoms with Gasteiger partial charge in [-0.05, 0) is 50.0 Å². The molecule has 0 saturated carbocycles. The lowest BCUT2D eigenvalue weighted by Crippen LogP contribution is -2.30. The van der Waals surface area contributed by atoms with Crippen LogP contribution in [0.1, 0.15) is 12.8 Å². The van der Waals surface area contributed by atoms with E-state index in [-0.39, 0.29) is 0 Å².